The van der Waals surface area contributed by atoms with Crippen LogP contribution < -0.4 is 10.5 Å². The minimum atomic E-state index is -0.132. The first-order valence-electron chi connectivity index (χ1n) is 1.83. The van der Waals surface area contributed by atoms with E-state index in [2.05, 4.69) is 4.72 Å². The highest BCUT2D eigenvalue weighted by Crippen LogP contribution is 1.77. The van der Waals surface area contributed by atoms with Crippen LogP contribution in [0.4, 0.5) is 0 Å². The van der Waals surface area contributed by atoms with E-state index in [-0.39, 0.29) is 12.5 Å². The summed E-state index contributed by atoms with van der Waals surface area (Å²) >= 11 is 1.25. The Morgan fingerprint density at radius 2 is 2.57 bits per heavy atom. The zero-order chi connectivity index (χ0) is 5.70. The van der Waals surface area contributed by atoms with Gasteiger partial charge in [0.1, 0.15) is 0 Å². The summed E-state index contributed by atoms with van der Waals surface area (Å²) in [4.78, 5) is 10.2. The molecular weight excluding hydrogens is 112 g/mol. The van der Waals surface area contributed by atoms with E-state index in [0.717, 1.165) is 0 Å². The molecule has 0 aromatic carbocycles. The Bertz CT molecular complexity index is 66.0. The molecule has 0 bridgehead atoms. The summed E-state index contributed by atoms with van der Waals surface area (Å²) in [6.45, 7) is 0.0703. The molecule has 0 aromatic heterocycles. The van der Waals surface area contributed by atoms with E-state index in [1.165, 1.54) is 11.9 Å². The Labute approximate surface area is 46.8 Å². The molecule has 0 fully saturated rings. The molecule has 1 amide bonds. The van der Waals surface area contributed by atoms with Gasteiger partial charge in [0.2, 0.25) is 5.91 Å². The SMILES string of the molecule is CSNC(=O)CN. The van der Waals surface area contributed by atoms with E-state index in [9.17, 15) is 4.79 Å². The first-order valence-corrected chi connectivity index (χ1v) is 3.05. The third-order valence-electron chi connectivity index (χ3n) is 0.401. The number of nitrogens with one attached hydrogen (secondary N) is 1. The van der Waals surface area contributed by atoms with Crippen LogP contribution in [0.25, 0.3) is 0 Å². The van der Waals surface area contributed by atoms with Gasteiger partial charge in [-0.05, 0) is 0 Å². The number of carbonyl (C=O) groups is 1. The first kappa shape index (κ1) is 6.78. The fourth-order valence-corrected chi connectivity index (χ4v) is 0.467. The molecule has 4 heteroatoms. The summed E-state index contributed by atoms with van der Waals surface area (Å²) in [5, 5.41) is 0. The van der Waals surface area contributed by atoms with Gasteiger partial charge in [-0.1, -0.05) is 11.9 Å². The molecule has 0 heterocycles. The largest absolute Gasteiger partial charge is 0.322 e. The van der Waals surface area contributed by atoms with Gasteiger partial charge in [-0.3, -0.25) is 9.52 Å². The number of hydrogen-bond donors (Lipinski definition) is 2. The molecule has 0 aliphatic rings. The van der Waals surface area contributed by atoms with E-state index in [1.807, 2.05) is 0 Å². The Morgan fingerprint density at radius 1 is 2.00 bits per heavy atom. The van der Waals surface area contributed by atoms with Crippen LogP contribution in [0.3, 0.4) is 0 Å². The lowest BCUT2D eigenvalue weighted by molar-refractivity contribution is -0.117. The van der Waals surface area contributed by atoms with Crippen molar-refractivity contribution in [1.29, 1.82) is 0 Å². The fraction of sp³-hybridized carbons (Fsp3) is 0.667. The molecule has 0 aliphatic heterocycles. The standard InChI is InChI=1S/C3H8N2OS/c1-7-5-3(6)2-4/h2,4H2,1H3,(H,5,6). The summed E-state index contributed by atoms with van der Waals surface area (Å²) in [7, 11) is 0. The molecule has 0 atom stereocenters. The molecule has 7 heavy (non-hydrogen) atoms. The second-order valence-electron chi connectivity index (χ2n) is 0.933. The first-order chi connectivity index (χ1) is 3.31. The second kappa shape index (κ2) is 3.95. The van der Waals surface area contributed by atoms with Crippen LogP contribution in [-0.2, 0) is 4.79 Å². The van der Waals surface area contributed by atoms with Crippen molar-refractivity contribution in [2.24, 2.45) is 5.73 Å². The molecule has 42 valence electrons. The topological polar surface area (TPSA) is 55.1 Å². The molecule has 0 aromatic rings. The third-order valence-corrected chi connectivity index (χ3v) is 0.833. The highest BCUT2D eigenvalue weighted by atomic mass is 32.2. The van der Waals surface area contributed by atoms with Crippen molar-refractivity contribution in [2.75, 3.05) is 12.8 Å². The van der Waals surface area contributed by atoms with Gasteiger partial charge in [-0.25, -0.2) is 0 Å². The number of nitrogens with two attached hydrogens (primary N) is 1. The van der Waals surface area contributed by atoms with Crippen molar-refractivity contribution in [3.8, 4) is 0 Å². The van der Waals surface area contributed by atoms with Gasteiger partial charge in [0, 0.05) is 6.26 Å². The Kier molecular flexibility index (Phi) is 3.83. The van der Waals surface area contributed by atoms with Crippen molar-refractivity contribution in [3.63, 3.8) is 0 Å². The predicted molar refractivity (Wildman–Crippen MR) is 30.7 cm³/mol. The molecule has 0 unspecified atom stereocenters. The molecule has 0 saturated heterocycles. The van der Waals surface area contributed by atoms with Crippen molar-refractivity contribution in [1.82, 2.24) is 4.72 Å². The maximum Gasteiger partial charge on any atom is 0.243 e. The van der Waals surface area contributed by atoms with Gasteiger partial charge in [0.05, 0.1) is 6.54 Å². The zero-order valence-electron chi connectivity index (χ0n) is 4.10. The van der Waals surface area contributed by atoms with Crippen molar-refractivity contribution in [2.45, 2.75) is 0 Å². The maximum absolute atomic E-state index is 10.2. The fourth-order valence-electron chi connectivity index (χ4n) is 0.156. The summed E-state index contributed by atoms with van der Waals surface area (Å²) in [5.41, 5.74) is 4.93. The van der Waals surface area contributed by atoms with Gasteiger partial charge in [0.25, 0.3) is 0 Å². The molecule has 0 aliphatic carbocycles. The normalized spacial score (nSPS) is 8.29. The quantitative estimate of drug-likeness (QED) is 0.476. The van der Waals surface area contributed by atoms with Gasteiger partial charge in [-0.15, -0.1) is 0 Å². The molecule has 0 spiro atoms. The van der Waals surface area contributed by atoms with E-state index in [0.29, 0.717) is 0 Å². The average Bonchev–Trinajstić information content (AvgIpc) is 1.68. The van der Waals surface area contributed by atoms with Crippen LogP contribution in [0, 0.1) is 0 Å². The van der Waals surface area contributed by atoms with E-state index in [1.54, 1.807) is 6.26 Å². The second-order valence-corrected chi connectivity index (χ2v) is 1.55. The zero-order valence-corrected chi connectivity index (χ0v) is 4.92. The molecule has 3 nitrogen and oxygen atoms in total. The molecule has 0 rings (SSSR count). The van der Waals surface area contributed by atoms with Gasteiger partial charge >= 0.3 is 0 Å². The van der Waals surface area contributed by atoms with Gasteiger partial charge in [0.15, 0.2) is 0 Å². The average molecular weight is 120 g/mol. The molecular formula is C3H8N2OS. The monoisotopic (exact) mass is 120 g/mol. The number of carbonyl (C=O) groups excluding carboxylic acids is 1. The highest BCUT2D eigenvalue weighted by molar-refractivity contribution is 7.97. The van der Waals surface area contributed by atoms with Crippen LogP contribution in [0.5, 0.6) is 0 Å². The third kappa shape index (κ3) is 3.61. The molecule has 0 saturated carbocycles. The van der Waals surface area contributed by atoms with E-state index < -0.39 is 0 Å². The van der Waals surface area contributed by atoms with Crippen LogP contribution in [0.1, 0.15) is 0 Å². The highest BCUT2D eigenvalue weighted by Gasteiger charge is 1.89. The minimum absolute atomic E-state index is 0.0703. The van der Waals surface area contributed by atoms with Crippen molar-refractivity contribution < 1.29 is 4.79 Å². The van der Waals surface area contributed by atoms with Gasteiger partial charge in [-0.2, -0.15) is 0 Å². The molecule has 0 radical (unpaired) electrons. The van der Waals surface area contributed by atoms with E-state index in [4.69, 9.17) is 5.73 Å². The van der Waals surface area contributed by atoms with Crippen molar-refractivity contribution in [3.05, 3.63) is 0 Å². The number of amides is 1. The van der Waals surface area contributed by atoms with Crippen LogP contribution in [0.15, 0.2) is 0 Å². The molecule has 3 N–H and O–H groups in total. The summed E-state index contributed by atoms with van der Waals surface area (Å²) in [5.74, 6) is -0.132. The van der Waals surface area contributed by atoms with Gasteiger partial charge < -0.3 is 5.73 Å². The van der Waals surface area contributed by atoms with E-state index >= 15 is 0 Å². The lowest BCUT2D eigenvalue weighted by Crippen LogP contribution is -2.24. The van der Waals surface area contributed by atoms with Crippen molar-refractivity contribution >= 4 is 17.9 Å². The maximum atomic E-state index is 10.2. The minimum Gasteiger partial charge on any atom is -0.322 e. The summed E-state index contributed by atoms with van der Waals surface area (Å²) < 4.78 is 2.45. The predicted octanol–water partition coefficient (Wildman–Crippen LogP) is -0.661. The Hall–Kier alpha value is -0.220. The lowest BCUT2D eigenvalue weighted by atomic mass is 10.7. The Balaban J connectivity index is 3.00. The number of hydrogen-bond acceptors (Lipinski definition) is 3. The van der Waals surface area contributed by atoms with Crippen LogP contribution >= 0.6 is 11.9 Å². The number of rotatable bonds is 2. The lowest BCUT2D eigenvalue weighted by Gasteiger charge is -1.92. The smallest absolute Gasteiger partial charge is 0.243 e. The van der Waals surface area contributed by atoms with Crippen LogP contribution in [-0.4, -0.2) is 18.7 Å². The summed E-state index contributed by atoms with van der Waals surface area (Å²) in [6, 6.07) is 0. The Morgan fingerprint density at radius 3 is 2.71 bits per heavy atom. The summed E-state index contributed by atoms with van der Waals surface area (Å²) in [6.07, 6.45) is 1.77. The van der Waals surface area contributed by atoms with Crippen LogP contribution in [0.2, 0.25) is 0 Å².